The second-order valence-corrected chi connectivity index (χ2v) is 11.4. The molecule has 1 atom stereocenters. The Balaban J connectivity index is 1.28. The summed E-state index contributed by atoms with van der Waals surface area (Å²) in [6, 6.07) is 24.6. The fourth-order valence-electron chi connectivity index (χ4n) is 5.44. The van der Waals surface area contributed by atoms with Gasteiger partial charge in [-0.3, -0.25) is 9.69 Å². The van der Waals surface area contributed by atoms with Crippen LogP contribution in [-0.4, -0.2) is 67.7 Å². The zero-order valence-corrected chi connectivity index (χ0v) is 26.2. The topological polar surface area (TPSA) is 67.4 Å². The summed E-state index contributed by atoms with van der Waals surface area (Å²) in [6.45, 7) is 8.85. The van der Waals surface area contributed by atoms with Gasteiger partial charge in [-0.1, -0.05) is 48.5 Å². The molecule has 1 aliphatic heterocycles. The lowest BCUT2D eigenvalue weighted by Gasteiger charge is -2.36. The minimum absolute atomic E-state index is 0.0141. The Morgan fingerprint density at radius 2 is 1.67 bits per heavy atom. The number of ether oxygens (including phenoxy) is 3. The summed E-state index contributed by atoms with van der Waals surface area (Å²) in [4.78, 5) is 24.9. The molecule has 0 radical (unpaired) electrons. The SMILES string of the molecule is CCOc1ccccc1N1CCN(C(=O)c2csc(CN(Cc3ccc(OC)cc3OC)C(C)c3ccccc3)n2)CC1. The summed E-state index contributed by atoms with van der Waals surface area (Å²) in [7, 11) is 3.33. The standard InChI is InChI=1S/C34H40N4O4S/c1-5-42-31-14-10-9-13-30(31)36-17-19-37(20-18-36)34(39)29-24-43-33(35-29)23-38(25(2)26-11-7-6-8-12-26)22-27-15-16-28(40-3)21-32(27)41-4/h6-16,21,24-25H,5,17-20,22-23H2,1-4H3. The van der Waals surface area contributed by atoms with Gasteiger partial charge in [0.25, 0.3) is 5.91 Å². The van der Waals surface area contributed by atoms with E-state index in [1.807, 2.05) is 59.7 Å². The minimum atomic E-state index is -0.0141. The van der Waals surface area contributed by atoms with E-state index in [0.29, 0.717) is 38.5 Å². The molecule has 226 valence electrons. The van der Waals surface area contributed by atoms with E-state index in [1.54, 1.807) is 14.2 Å². The summed E-state index contributed by atoms with van der Waals surface area (Å²) in [5, 5.41) is 2.80. The smallest absolute Gasteiger partial charge is 0.273 e. The molecule has 2 heterocycles. The molecular weight excluding hydrogens is 560 g/mol. The molecule has 0 bridgehead atoms. The number of rotatable bonds is 12. The maximum Gasteiger partial charge on any atom is 0.273 e. The number of para-hydroxylation sites is 2. The first-order chi connectivity index (χ1) is 21.0. The molecular formula is C34H40N4O4S. The average molecular weight is 601 g/mol. The van der Waals surface area contributed by atoms with Crippen LogP contribution in [0.5, 0.6) is 17.2 Å². The van der Waals surface area contributed by atoms with E-state index >= 15 is 0 Å². The zero-order valence-electron chi connectivity index (χ0n) is 25.4. The number of amides is 1. The highest BCUT2D eigenvalue weighted by atomic mass is 32.1. The van der Waals surface area contributed by atoms with E-state index in [-0.39, 0.29) is 11.9 Å². The number of benzene rings is 3. The maximum atomic E-state index is 13.5. The Kier molecular flexibility index (Phi) is 10.2. The van der Waals surface area contributed by atoms with Crippen molar-refractivity contribution in [2.24, 2.45) is 0 Å². The number of methoxy groups -OCH3 is 2. The molecule has 1 amide bonds. The molecule has 0 saturated carbocycles. The van der Waals surface area contributed by atoms with Crippen LogP contribution in [0, 0.1) is 0 Å². The Bertz CT molecular complexity index is 1490. The molecule has 1 fully saturated rings. The van der Waals surface area contributed by atoms with Crippen LogP contribution < -0.4 is 19.1 Å². The van der Waals surface area contributed by atoms with Crippen LogP contribution in [0.1, 0.15) is 46.5 Å². The first kappa shape index (κ1) is 30.4. The van der Waals surface area contributed by atoms with E-state index < -0.39 is 0 Å². The zero-order chi connectivity index (χ0) is 30.2. The van der Waals surface area contributed by atoms with Gasteiger partial charge in [0.15, 0.2) is 0 Å². The summed E-state index contributed by atoms with van der Waals surface area (Å²) in [5.41, 5.74) is 3.86. The monoisotopic (exact) mass is 600 g/mol. The van der Waals surface area contributed by atoms with Crippen LogP contribution in [0.4, 0.5) is 5.69 Å². The van der Waals surface area contributed by atoms with Crippen molar-refractivity contribution in [3.8, 4) is 17.2 Å². The van der Waals surface area contributed by atoms with Gasteiger partial charge in [-0.2, -0.15) is 0 Å². The number of piperazine rings is 1. The van der Waals surface area contributed by atoms with E-state index in [0.717, 1.165) is 46.6 Å². The van der Waals surface area contributed by atoms with Gasteiger partial charge >= 0.3 is 0 Å². The average Bonchev–Trinajstić information content (AvgIpc) is 3.53. The predicted molar refractivity (Wildman–Crippen MR) is 171 cm³/mol. The molecule has 1 aromatic heterocycles. The second-order valence-electron chi connectivity index (χ2n) is 10.5. The lowest BCUT2D eigenvalue weighted by molar-refractivity contribution is 0.0741. The first-order valence-electron chi connectivity index (χ1n) is 14.7. The summed E-state index contributed by atoms with van der Waals surface area (Å²) < 4.78 is 16.9. The third kappa shape index (κ3) is 7.29. The number of hydrogen-bond acceptors (Lipinski definition) is 8. The van der Waals surface area contributed by atoms with Gasteiger partial charge in [0, 0.05) is 55.8 Å². The summed E-state index contributed by atoms with van der Waals surface area (Å²) >= 11 is 1.54. The molecule has 0 aliphatic carbocycles. The van der Waals surface area contributed by atoms with Crippen LogP contribution in [0.25, 0.3) is 0 Å². The molecule has 3 aromatic carbocycles. The van der Waals surface area contributed by atoms with Gasteiger partial charge in [0.1, 0.15) is 28.0 Å². The number of hydrogen-bond donors (Lipinski definition) is 0. The van der Waals surface area contributed by atoms with Crippen LogP contribution in [-0.2, 0) is 13.1 Å². The number of anilines is 1. The van der Waals surface area contributed by atoms with Gasteiger partial charge in [0.05, 0.1) is 33.1 Å². The molecule has 1 unspecified atom stereocenters. The molecule has 0 N–H and O–H groups in total. The highest BCUT2D eigenvalue weighted by Crippen LogP contribution is 2.32. The first-order valence-corrected chi connectivity index (χ1v) is 15.6. The Labute approximate surface area is 258 Å². The van der Waals surface area contributed by atoms with Gasteiger partial charge in [-0.25, -0.2) is 4.98 Å². The second kappa shape index (κ2) is 14.4. The quantitative estimate of drug-likeness (QED) is 0.190. The van der Waals surface area contributed by atoms with Crippen molar-refractivity contribution in [1.82, 2.24) is 14.8 Å². The summed E-state index contributed by atoms with van der Waals surface area (Å²) in [6.07, 6.45) is 0. The lowest BCUT2D eigenvalue weighted by atomic mass is 10.1. The molecule has 4 aromatic rings. The van der Waals surface area contributed by atoms with E-state index in [1.165, 1.54) is 16.9 Å². The van der Waals surface area contributed by atoms with E-state index in [9.17, 15) is 4.79 Å². The van der Waals surface area contributed by atoms with Gasteiger partial charge in [0.2, 0.25) is 0 Å². The Morgan fingerprint density at radius 3 is 2.40 bits per heavy atom. The highest BCUT2D eigenvalue weighted by Gasteiger charge is 2.26. The number of carbonyl (C=O) groups excluding carboxylic acids is 1. The van der Waals surface area contributed by atoms with E-state index in [2.05, 4.69) is 47.1 Å². The molecule has 9 heteroatoms. The highest BCUT2D eigenvalue weighted by molar-refractivity contribution is 7.09. The maximum absolute atomic E-state index is 13.5. The van der Waals surface area contributed by atoms with Crippen LogP contribution in [0.3, 0.4) is 0 Å². The fraction of sp³-hybridized carbons (Fsp3) is 0.353. The number of thiazole rings is 1. The van der Waals surface area contributed by atoms with Gasteiger partial charge in [-0.05, 0) is 37.6 Å². The molecule has 1 aliphatic rings. The van der Waals surface area contributed by atoms with Crippen LogP contribution in [0.2, 0.25) is 0 Å². The number of nitrogens with zero attached hydrogens (tertiary/aromatic N) is 4. The van der Waals surface area contributed by atoms with Crippen molar-refractivity contribution in [3.05, 3.63) is 100 Å². The van der Waals surface area contributed by atoms with Crippen molar-refractivity contribution in [2.45, 2.75) is 33.0 Å². The predicted octanol–water partition coefficient (Wildman–Crippen LogP) is 6.28. The van der Waals surface area contributed by atoms with Crippen LogP contribution >= 0.6 is 11.3 Å². The number of carbonyl (C=O) groups is 1. The Morgan fingerprint density at radius 1 is 0.930 bits per heavy atom. The number of aromatic nitrogens is 1. The molecule has 5 rings (SSSR count). The van der Waals surface area contributed by atoms with Crippen molar-refractivity contribution in [2.75, 3.05) is 51.9 Å². The van der Waals surface area contributed by atoms with Crippen molar-refractivity contribution in [1.29, 1.82) is 0 Å². The molecule has 1 saturated heterocycles. The molecule has 8 nitrogen and oxygen atoms in total. The normalized spacial score (nSPS) is 14.1. The van der Waals surface area contributed by atoms with Gasteiger partial charge < -0.3 is 24.0 Å². The molecule has 0 spiro atoms. The fourth-order valence-corrected chi connectivity index (χ4v) is 6.23. The third-order valence-electron chi connectivity index (χ3n) is 7.88. The Hall–Kier alpha value is -4.08. The third-order valence-corrected chi connectivity index (χ3v) is 8.71. The summed E-state index contributed by atoms with van der Waals surface area (Å²) in [5.74, 6) is 2.41. The minimum Gasteiger partial charge on any atom is -0.497 e. The van der Waals surface area contributed by atoms with E-state index in [4.69, 9.17) is 19.2 Å². The van der Waals surface area contributed by atoms with Gasteiger partial charge in [-0.15, -0.1) is 11.3 Å². The van der Waals surface area contributed by atoms with Crippen LogP contribution in [0.15, 0.2) is 78.2 Å². The van der Waals surface area contributed by atoms with Crippen molar-refractivity contribution < 1.29 is 19.0 Å². The largest absolute Gasteiger partial charge is 0.497 e. The van der Waals surface area contributed by atoms with Crippen molar-refractivity contribution in [3.63, 3.8) is 0 Å². The molecule has 43 heavy (non-hydrogen) atoms. The lowest BCUT2D eigenvalue weighted by Crippen LogP contribution is -2.49. The van der Waals surface area contributed by atoms with Crippen molar-refractivity contribution >= 4 is 22.9 Å².